The highest BCUT2D eigenvalue weighted by Crippen LogP contribution is 2.28. The Morgan fingerprint density at radius 2 is 2.17 bits per heavy atom. The van der Waals surface area contributed by atoms with Crippen LogP contribution in [0.15, 0.2) is 24.7 Å². The Bertz CT molecular complexity index is 713. The monoisotopic (exact) mass is 312 g/mol. The third-order valence-electron chi connectivity index (χ3n) is 3.59. The fourth-order valence-corrected chi connectivity index (χ4v) is 2.50. The number of hydrogen-bond donors (Lipinski definition) is 3. The SMILES string of the molecule is COC[C@H](C)Nc1nc(-c2cnc(N)nc2)cc2c1CNC=C2. The lowest BCUT2D eigenvalue weighted by molar-refractivity contribution is 0.190. The molecule has 3 heterocycles. The molecule has 1 aliphatic rings. The minimum atomic E-state index is 0.153. The predicted molar refractivity (Wildman–Crippen MR) is 90.5 cm³/mol. The molecule has 0 spiro atoms. The maximum absolute atomic E-state index is 5.56. The number of nitrogens with two attached hydrogens (primary N) is 1. The summed E-state index contributed by atoms with van der Waals surface area (Å²) in [5.74, 6) is 1.10. The number of aromatic nitrogens is 3. The highest BCUT2D eigenvalue weighted by Gasteiger charge is 2.16. The van der Waals surface area contributed by atoms with Gasteiger partial charge in [-0.05, 0) is 30.8 Å². The van der Waals surface area contributed by atoms with Gasteiger partial charge in [0.1, 0.15) is 5.82 Å². The van der Waals surface area contributed by atoms with Crippen LogP contribution in [-0.4, -0.2) is 34.7 Å². The number of anilines is 2. The van der Waals surface area contributed by atoms with Crippen LogP contribution in [0.2, 0.25) is 0 Å². The summed E-state index contributed by atoms with van der Waals surface area (Å²) in [7, 11) is 1.69. The number of ether oxygens (including phenoxy) is 1. The first-order valence-corrected chi connectivity index (χ1v) is 7.44. The first-order valence-electron chi connectivity index (χ1n) is 7.44. The van der Waals surface area contributed by atoms with Gasteiger partial charge in [0.2, 0.25) is 5.95 Å². The van der Waals surface area contributed by atoms with E-state index >= 15 is 0 Å². The number of methoxy groups -OCH3 is 1. The summed E-state index contributed by atoms with van der Waals surface area (Å²) >= 11 is 0. The van der Waals surface area contributed by atoms with Gasteiger partial charge in [-0.1, -0.05) is 0 Å². The Labute approximate surface area is 135 Å². The van der Waals surface area contributed by atoms with Crippen molar-refractivity contribution in [3.63, 3.8) is 0 Å². The zero-order chi connectivity index (χ0) is 16.2. The van der Waals surface area contributed by atoms with Crippen molar-refractivity contribution in [2.24, 2.45) is 0 Å². The van der Waals surface area contributed by atoms with Crippen molar-refractivity contribution >= 4 is 17.8 Å². The lowest BCUT2D eigenvalue weighted by atomic mass is 10.0. The van der Waals surface area contributed by atoms with E-state index < -0.39 is 0 Å². The Morgan fingerprint density at radius 1 is 1.39 bits per heavy atom. The summed E-state index contributed by atoms with van der Waals surface area (Å²) in [6.45, 7) is 3.40. The Hall–Kier alpha value is -2.67. The van der Waals surface area contributed by atoms with Gasteiger partial charge < -0.3 is 21.1 Å². The third-order valence-corrected chi connectivity index (χ3v) is 3.59. The lowest BCUT2D eigenvalue weighted by Gasteiger charge is -2.21. The molecule has 0 aliphatic carbocycles. The molecular weight excluding hydrogens is 292 g/mol. The molecular formula is C16H20N6O. The Kier molecular flexibility index (Phi) is 4.38. The van der Waals surface area contributed by atoms with Crippen LogP contribution in [0.25, 0.3) is 17.3 Å². The highest BCUT2D eigenvalue weighted by molar-refractivity contribution is 5.71. The molecule has 0 radical (unpaired) electrons. The third kappa shape index (κ3) is 3.40. The molecule has 7 heteroatoms. The van der Waals surface area contributed by atoms with Crippen LogP contribution in [0.3, 0.4) is 0 Å². The number of nitrogens with zero attached hydrogens (tertiary/aromatic N) is 3. The molecule has 0 saturated heterocycles. The molecule has 0 aromatic carbocycles. The van der Waals surface area contributed by atoms with Gasteiger partial charge in [0.25, 0.3) is 0 Å². The molecule has 0 fully saturated rings. The van der Waals surface area contributed by atoms with Crippen molar-refractivity contribution in [2.45, 2.75) is 19.5 Å². The van der Waals surface area contributed by atoms with Crippen molar-refractivity contribution in [1.29, 1.82) is 0 Å². The van der Waals surface area contributed by atoms with Crippen LogP contribution in [0.1, 0.15) is 18.1 Å². The highest BCUT2D eigenvalue weighted by atomic mass is 16.5. The molecule has 3 rings (SSSR count). The smallest absolute Gasteiger partial charge is 0.219 e. The summed E-state index contributed by atoms with van der Waals surface area (Å²) in [4.78, 5) is 12.8. The minimum absolute atomic E-state index is 0.153. The van der Waals surface area contributed by atoms with Crippen molar-refractivity contribution in [2.75, 3.05) is 24.8 Å². The second kappa shape index (κ2) is 6.62. The van der Waals surface area contributed by atoms with Gasteiger partial charge in [0, 0.05) is 43.2 Å². The fourth-order valence-electron chi connectivity index (χ4n) is 2.50. The van der Waals surface area contributed by atoms with Crippen LogP contribution < -0.4 is 16.4 Å². The predicted octanol–water partition coefficient (Wildman–Crippen LogP) is 1.64. The van der Waals surface area contributed by atoms with Crippen molar-refractivity contribution in [3.8, 4) is 11.3 Å². The topological polar surface area (TPSA) is 98.0 Å². The van der Waals surface area contributed by atoms with E-state index in [0.717, 1.165) is 34.7 Å². The second-order valence-corrected chi connectivity index (χ2v) is 5.47. The van der Waals surface area contributed by atoms with Gasteiger partial charge in [-0.2, -0.15) is 0 Å². The molecule has 120 valence electrons. The van der Waals surface area contributed by atoms with E-state index in [-0.39, 0.29) is 12.0 Å². The molecule has 0 bridgehead atoms. The molecule has 2 aromatic heterocycles. The number of fused-ring (bicyclic) bond motifs is 1. The quantitative estimate of drug-likeness (QED) is 0.772. The fraction of sp³-hybridized carbons (Fsp3) is 0.312. The summed E-state index contributed by atoms with van der Waals surface area (Å²) in [6.07, 6.45) is 7.34. The number of pyridine rings is 1. The van der Waals surface area contributed by atoms with Crippen LogP contribution in [0.5, 0.6) is 0 Å². The van der Waals surface area contributed by atoms with Crippen LogP contribution in [0.4, 0.5) is 11.8 Å². The second-order valence-electron chi connectivity index (χ2n) is 5.47. The van der Waals surface area contributed by atoms with Crippen molar-refractivity contribution in [1.82, 2.24) is 20.3 Å². The van der Waals surface area contributed by atoms with E-state index in [4.69, 9.17) is 15.5 Å². The number of hydrogen-bond acceptors (Lipinski definition) is 7. The van der Waals surface area contributed by atoms with Gasteiger partial charge in [0.05, 0.1) is 12.3 Å². The van der Waals surface area contributed by atoms with Crippen molar-refractivity contribution in [3.05, 3.63) is 35.8 Å². The van der Waals surface area contributed by atoms with Crippen molar-refractivity contribution < 1.29 is 4.74 Å². The van der Waals surface area contributed by atoms with Crippen LogP contribution in [0, 0.1) is 0 Å². The molecule has 0 saturated carbocycles. The van der Waals surface area contributed by atoms with E-state index in [2.05, 4.69) is 27.5 Å². The lowest BCUT2D eigenvalue weighted by Crippen LogP contribution is -2.24. The summed E-state index contributed by atoms with van der Waals surface area (Å²) < 4.78 is 5.19. The molecule has 1 aliphatic heterocycles. The molecule has 2 aromatic rings. The minimum Gasteiger partial charge on any atom is -0.387 e. The van der Waals surface area contributed by atoms with Gasteiger partial charge in [-0.25, -0.2) is 15.0 Å². The normalized spacial score (nSPS) is 14.0. The summed E-state index contributed by atoms with van der Waals surface area (Å²) in [6, 6.07) is 2.19. The number of rotatable bonds is 5. The number of nitrogen functional groups attached to an aromatic ring is 1. The van der Waals surface area contributed by atoms with Gasteiger partial charge in [0.15, 0.2) is 0 Å². The molecule has 7 nitrogen and oxygen atoms in total. The summed E-state index contributed by atoms with van der Waals surface area (Å²) in [5.41, 5.74) is 9.45. The average Bonchev–Trinajstić information content (AvgIpc) is 2.55. The van der Waals surface area contributed by atoms with Gasteiger partial charge >= 0.3 is 0 Å². The number of nitrogens with one attached hydrogen (secondary N) is 2. The maximum Gasteiger partial charge on any atom is 0.219 e. The summed E-state index contributed by atoms with van der Waals surface area (Å²) in [5, 5.41) is 6.64. The van der Waals surface area contributed by atoms with Crippen LogP contribution >= 0.6 is 0 Å². The van der Waals surface area contributed by atoms with Gasteiger partial charge in [-0.15, -0.1) is 0 Å². The molecule has 1 atom stereocenters. The average molecular weight is 312 g/mol. The zero-order valence-corrected chi connectivity index (χ0v) is 13.2. The van der Waals surface area contributed by atoms with Crippen LogP contribution in [-0.2, 0) is 11.3 Å². The first kappa shape index (κ1) is 15.2. The molecule has 0 amide bonds. The molecule has 23 heavy (non-hydrogen) atoms. The van der Waals surface area contributed by atoms with E-state index in [1.807, 2.05) is 18.3 Å². The van der Waals surface area contributed by atoms with Gasteiger partial charge in [-0.3, -0.25) is 0 Å². The standard InChI is InChI=1S/C16H20N6O/c1-10(9-23-2)21-15-13-8-18-4-3-11(13)5-14(22-15)12-6-19-16(17)20-7-12/h3-7,10,18H,8-9H2,1-2H3,(H,21,22)(H2,17,19,20)/t10-/m0/s1. The molecule has 0 unspecified atom stereocenters. The largest absolute Gasteiger partial charge is 0.387 e. The molecule has 4 N–H and O–H groups in total. The Balaban J connectivity index is 2.01. The van der Waals surface area contributed by atoms with E-state index in [1.165, 1.54) is 0 Å². The maximum atomic E-state index is 5.56. The zero-order valence-electron chi connectivity index (χ0n) is 13.2. The first-order chi connectivity index (χ1) is 11.2. The van der Waals surface area contributed by atoms with E-state index in [0.29, 0.717) is 6.61 Å². The Morgan fingerprint density at radius 3 is 2.91 bits per heavy atom. The van der Waals surface area contributed by atoms with E-state index in [9.17, 15) is 0 Å². The van der Waals surface area contributed by atoms with E-state index in [1.54, 1.807) is 19.5 Å².